The van der Waals surface area contributed by atoms with E-state index in [4.69, 9.17) is 20.9 Å². The molecule has 24 heavy (non-hydrogen) atoms. The predicted octanol–water partition coefficient (Wildman–Crippen LogP) is 2.91. The smallest absolute Gasteiger partial charge is 0.250 e. The second-order valence-electron chi connectivity index (χ2n) is 5.05. The molecule has 2 rings (SSSR count). The van der Waals surface area contributed by atoms with E-state index in [9.17, 15) is 14.9 Å². The van der Waals surface area contributed by atoms with Gasteiger partial charge in [-0.3, -0.25) is 9.59 Å². The van der Waals surface area contributed by atoms with E-state index < -0.39 is 17.6 Å². The van der Waals surface area contributed by atoms with Crippen LogP contribution in [0.1, 0.15) is 21.8 Å². The SMILES string of the molecule is COc1cc(Cl)c(C)cc1NC(=O)[C@@H](C#N)C(=O)c1cc(C)no1. The molecule has 1 amide bonds. The van der Waals surface area contributed by atoms with E-state index in [0.717, 1.165) is 0 Å². The zero-order valence-electron chi connectivity index (χ0n) is 13.2. The van der Waals surface area contributed by atoms with Gasteiger partial charge in [-0.1, -0.05) is 16.8 Å². The molecule has 0 aliphatic carbocycles. The first-order valence-electron chi connectivity index (χ1n) is 6.89. The number of nitrogens with one attached hydrogen (secondary N) is 1. The third-order valence-corrected chi connectivity index (χ3v) is 3.67. The number of nitrogens with zero attached hydrogens (tertiary/aromatic N) is 2. The standard InChI is InChI=1S/C16H14ClN3O4/c1-8-4-12(13(23-3)6-11(8)17)19-16(22)10(7-18)15(21)14-5-9(2)20-24-14/h4-6,10H,1-3H3,(H,19,22)/t10-/m0/s1. The van der Waals surface area contributed by atoms with Crippen LogP contribution in [0.3, 0.4) is 0 Å². The fraction of sp³-hybridized carbons (Fsp3) is 0.250. The Kier molecular flexibility index (Phi) is 5.21. The first kappa shape index (κ1) is 17.5. The second kappa shape index (κ2) is 7.15. The molecule has 0 aliphatic heterocycles. The van der Waals surface area contributed by atoms with Crippen molar-refractivity contribution in [1.82, 2.24) is 5.16 Å². The number of hydrogen-bond donors (Lipinski definition) is 1. The number of Topliss-reactive ketones (excluding diaryl/α,β-unsaturated/α-hetero) is 1. The number of amides is 1. The summed E-state index contributed by atoms with van der Waals surface area (Å²) >= 11 is 6.01. The zero-order chi connectivity index (χ0) is 17.9. The number of hydrogen-bond acceptors (Lipinski definition) is 6. The Morgan fingerprint density at radius 3 is 2.62 bits per heavy atom. The summed E-state index contributed by atoms with van der Waals surface area (Å²) in [4.78, 5) is 24.6. The molecular formula is C16H14ClN3O4. The lowest BCUT2D eigenvalue weighted by Gasteiger charge is -2.13. The molecule has 0 fully saturated rings. The van der Waals surface area contributed by atoms with Crippen molar-refractivity contribution < 1.29 is 18.8 Å². The van der Waals surface area contributed by atoms with Crippen LogP contribution in [0.5, 0.6) is 5.75 Å². The van der Waals surface area contributed by atoms with Crippen molar-refractivity contribution in [2.45, 2.75) is 13.8 Å². The molecule has 2 aromatic rings. The minimum absolute atomic E-state index is 0.145. The molecule has 0 radical (unpaired) electrons. The average Bonchev–Trinajstić information content (AvgIpc) is 2.97. The minimum Gasteiger partial charge on any atom is -0.495 e. The number of methoxy groups -OCH3 is 1. The van der Waals surface area contributed by atoms with Gasteiger partial charge in [0.05, 0.1) is 24.6 Å². The molecule has 0 saturated heterocycles. The highest BCUT2D eigenvalue weighted by atomic mass is 35.5. The maximum absolute atomic E-state index is 12.3. The van der Waals surface area contributed by atoms with Gasteiger partial charge in [0.15, 0.2) is 5.92 Å². The van der Waals surface area contributed by atoms with Gasteiger partial charge < -0.3 is 14.6 Å². The normalized spacial score (nSPS) is 11.5. The Labute approximate surface area is 143 Å². The lowest BCUT2D eigenvalue weighted by atomic mass is 10.0. The molecule has 1 N–H and O–H groups in total. The molecule has 124 valence electrons. The highest BCUT2D eigenvalue weighted by molar-refractivity contribution is 6.31. The van der Waals surface area contributed by atoms with E-state index in [1.54, 1.807) is 26.0 Å². The van der Waals surface area contributed by atoms with Crippen molar-refractivity contribution in [3.63, 3.8) is 0 Å². The molecule has 7 nitrogen and oxygen atoms in total. The van der Waals surface area contributed by atoms with E-state index in [1.165, 1.54) is 19.2 Å². The van der Waals surface area contributed by atoms with Crippen LogP contribution in [0, 0.1) is 31.1 Å². The number of carbonyl (C=O) groups is 2. The van der Waals surface area contributed by atoms with Crippen molar-refractivity contribution >= 4 is 29.0 Å². The zero-order valence-corrected chi connectivity index (χ0v) is 14.0. The quantitative estimate of drug-likeness (QED) is 0.658. The number of aryl methyl sites for hydroxylation is 2. The molecule has 0 bridgehead atoms. The third kappa shape index (κ3) is 3.55. The predicted molar refractivity (Wildman–Crippen MR) is 86.0 cm³/mol. The fourth-order valence-corrected chi connectivity index (χ4v) is 2.15. The van der Waals surface area contributed by atoms with E-state index in [1.807, 2.05) is 0 Å². The van der Waals surface area contributed by atoms with Gasteiger partial charge in [0.2, 0.25) is 17.5 Å². The van der Waals surface area contributed by atoms with Gasteiger partial charge >= 0.3 is 0 Å². The summed E-state index contributed by atoms with van der Waals surface area (Å²) < 4.78 is 9.96. The van der Waals surface area contributed by atoms with E-state index >= 15 is 0 Å². The van der Waals surface area contributed by atoms with Crippen LogP contribution in [-0.4, -0.2) is 24.0 Å². The largest absolute Gasteiger partial charge is 0.495 e. The fourth-order valence-electron chi connectivity index (χ4n) is 1.99. The van der Waals surface area contributed by atoms with Gasteiger partial charge in [0, 0.05) is 17.2 Å². The summed E-state index contributed by atoms with van der Waals surface area (Å²) in [5.41, 5.74) is 1.50. The van der Waals surface area contributed by atoms with Crippen LogP contribution in [0.25, 0.3) is 0 Å². The van der Waals surface area contributed by atoms with Crippen LogP contribution >= 0.6 is 11.6 Å². The van der Waals surface area contributed by atoms with Crippen LogP contribution in [0.15, 0.2) is 22.7 Å². The molecular weight excluding hydrogens is 334 g/mol. The average molecular weight is 348 g/mol. The number of ether oxygens (including phenoxy) is 1. The lowest BCUT2D eigenvalue weighted by molar-refractivity contribution is -0.117. The van der Waals surface area contributed by atoms with Gasteiger partial charge in [-0.25, -0.2) is 0 Å². The number of carbonyl (C=O) groups excluding carboxylic acids is 2. The van der Waals surface area contributed by atoms with Crippen molar-refractivity contribution in [1.29, 1.82) is 5.26 Å². The Bertz CT molecular complexity index is 838. The first-order valence-corrected chi connectivity index (χ1v) is 7.27. The van der Waals surface area contributed by atoms with Crippen molar-refractivity contribution in [2.75, 3.05) is 12.4 Å². The maximum atomic E-state index is 12.3. The summed E-state index contributed by atoms with van der Waals surface area (Å²) in [5, 5.41) is 15.7. The molecule has 0 aliphatic rings. The van der Waals surface area contributed by atoms with E-state index in [2.05, 4.69) is 10.5 Å². The van der Waals surface area contributed by atoms with Gasteiger partial charge in [0.1, 0.15) is 5.75 Å². The number of nitriles is 1. The second-order valence-corrected chi connectivity index (χ2v) is 5.46. The van der Waals surface area contributed by atoms with Crippen LogP contribution in [0.4, 0.5) is 5.69 Å². The summed E-state index contributed by atoms with van der Waals surface area (Å²) in [6.45, 7) is 3.38. The highest BCUT2D eigenvalue weighted by Crippen LogP contribution is 2.31. The number of aromatic nitrogens is 1. The van der Waals surface area contributed by atoms with E-state index in [-0.39, 0.29) is 5.76 Å². The molecule has 0 spiro atoms. The van der Waals surface area contributed by atoms with Gasteiger partial charge in [0.25, 0.3) is 0 Å². The Morgan fingerprint density at radius 1 is 1.38 bits per heavy atom. The molecule has 0 unspecified atom stereocenters. The number of rotatable bonds is 5. The molecule has 1 heterocycles. The minimum atomic E-state index is -1.57. The number of ketones is 1. The topological polar surface area (TPSA) is 105 Å². The molecule has 0 saturated carbocycles. The molecule has 8 heteroatoms. The Balaban J connectivity index is 2.26. The molecule has 1 aromatic carbocycles. The van der Waals surface area contributed by atoms with Crippen molar-refractivity contribution in [3.8, 4) is 11.8 Å². The Morgan fingerprint density at radius 2 is 2.08 bits per heavy atom. The van der Waals surface area contributed by atoms with Crippen molar-refractivity contribution in [3.05, 3.63) is 40.2 Å². The summed E-state index contributed by atoms with van der Waals surface area (Å²) in [5.74, 6) is -2.96. The summed E-state index contributed by atoms with van der Waals surface area (Å²) in [6.07, 6.45) is 0. The van der Waals surface area contributed by atoms with Gasteiger partial charge in [-0.05, 0) is 25.5 Å². The monoisotopic (exact) mass is 347 g/mol. The number of halogens is 1. The number of benzene rings is 1. The molecule has 1 atom stereocenters. The Hall–Kier alpha value is -2.85. The van der Waals surface area contributed by atoms with Gasteiger partial charge in [-0.15, -0.1) is 0 Å². The van der Waals surface area contributed by atoms with Gasteiger partial charge in [-0.2, -0.15) is 5.26 Å². The highest BCUT2D eigenvalue weighted by Gasteiger charge is 2.31. The molecule has 1 aromatic heterocycles. The number of anilines is 1. The van der Waals surface area contributed by atoms with Crippen LogP contribution in [-0.2, 0) is 4.79 Å². The summed E-state index contributed by atoms with van der Waals surface area (Å²) in [6, 6.07) is 6.18. The third-order valence-electron chi connectivity index (χ3n) is 3.26. The first-order chi connectivity index (χ1) is 11.4. The summed E-state index contributed by atoms with van der Waals surface area (Å²) in [7, 11) is 1.42. The van der Waals surface area contributed by atoms with Crippen LogP contribution < -0.4 is 10.1 Å². The lowest BCUT2D eigenvalue weighted by Crippen LogP contribution is -2.28. The van der Waals surface area contributed by atoms with E-state index in [0.29, 0.717) is 27.7 Å². The van der Waals surface area contributed by atoms with Crippen molar-refractivity contribution in [2.24, 2.45) is 5.92 Å². The van der Waals surface area contributed by atoms with Crippen LogP contribution in [0.2, 0.25) is 5.02 Å². The maximum Gasteiger partial charge on any atom is 0.250 e.